The molecule has 0 aliphatic carbocycles. The van der Waals surface area contributed by atoms with Gasteiger partial charge in [-0.1, -0.05) is 66.7 Å². The maximum atomic E-state index is 11.8. The molecular weight excluding hydrogens is 262 g/mol. The van der Waals surface area contributed by atoms with Gasteiger partial charge in [-0.3, -0.25) is 9.63 Å². The van der Waals surface area contributed by atoms with Gasteiger partial charge in [0.1, 0.15) is 6.10 Å². The predicted octanol–water partition coefficient (Wildman–Crippen LogP) is 3.89. The van der Waals surface area contributed by atoms with Gasteiger partial charge in [0.2, 0.25) is 5.91 Å². The van der Waals surface area contributed by atoms with Crippen molar-refractivity contribution in [2.75, 3.05) is 0 Å². The van der Waals surface area contributed by atoms with E-state index in [2.05, 4.69) is 6.58 Å². The molecule has 0 spiro atoms. The summed E-state index contributed by atoms with van der Waals surface area (Å²) in [6.07, 6.45) is 1.34. The Bertz CT molecular complexity index is 581. The minimum Gasteiger partial charge on any atom is -0.273 e. The molecule has 0 aliphatic heterocycles. The van der Waals surface area contributed by atoms with Gasteiger partial charge in [-0.2, -0.15) is 0 Å². The molecule has 1 amide bonds. The number of carbonyl (C=O) groups is 1. The van der Waals surface area contributed by atoms with E-state index in [-0.39, 0.29) is 12.0 Å². The SMILES string of the molecule is C=CC(ON(Cc1ccccc1)C(C)=O)c1ccccc1. The number of carbonyl (C=O) groups excluding carboxylic acids is 1. The molecule has 3 heteroatoms. The van der Waals surface area contributed by atoms with Gasteiger partial charge < -0.3 is 0 Å². The smallest absolute Gasteiger partial charge is 0.243 e. The molecule has 0 saturated carbocycles. The van der Waals surface area contributed by atoms with Crippen LogP contribution in [0.25, 0.3) is 0 Å². The van der Waals surface area contributed by atoms with Crippen LogP contribution in [0.1, 0.15) is 24.2 Å². The zero-order valence-electron chi connectivity index (χ0n) is 12.1. The molecule has 2 aromatic carbocycles. The van der Waals surface area contributed by atoms with Gasteiger partial charge >= 0.3 is 0 Å². The molecule has 0 fully saturated rings. The van der Waals surface area contributed by atoms with Crippen molar-refractivity contribution >= 4 is 5.91 Å². The fourth-order valence-electron chi connectivity index (χ4n) is 1.99. The number of nitrogens with zero attached hydrogens (tertiary/aromatic N) is 1. The highest BCUT2D eigenvalue weighted by molar-refractivity contribution is 5.72. The van der Waals surface area contributed by atoms with Crippen LogP contribution in [0.4, 0.5) is 0 Å². The molecule has 0 saturated heterocycles. The molecule has 0 N–H and O–H groups in total. The fourth-order valence-corrected chi connectivity index (χ4v) is 1.99. The fraction of sp³-hybridized carbons (Fsp3) is 0.167. The van der Waals surface area contributed by atoms with Gasteiger partial charge in [-0.25, -0.2) is 5.06 Å². The highest BCUT2D eigenvalue weighted by Gasteiger charge is 2.16. The summed E-state index contributed by atoms with van der Waals surface area (Å²) in [5, 5.41) is 1.37. The van der Waals surface area contributed by atoms with Gasteiger partial charge in [-0.05, 0) is 11.1 Å². The molecule has 0 bridgehead atoms. The molecular formula is C18H19NO2. The monoisotopic (exact) mass is 281 g/mol. The first-order valence-electron chi connectivity index (χ1n) is 6.87. The highest BCUT2D eigenvalue weighted by Crippen LogP contribution is 2.21. The number of hydroxylamine groups is 2. The van der Waals surface area contributed by atoms with Crippen LogP contribution >= 0.6 is 0 Å². The first kappa shape index (κ1) is 15.0. The summed E-state index contributed by atoms with van der Waals surface area (Å²) in [6, 6.07) is 19.5. The van der Waals surface area contributed by atoms with Gasteiger partial charge in [0.25, 0.3) is 0 Å². The lowest BCUT2D eigenvalue weighted by Gasteiger charge is -2.25. The van der Waals surface area contributed by atoms with Crippen LogP contribution in [-0.2, 0) is 16.2 Å². The second kappa shape index (κ2) is 7.41. The molecule has 1 atom stereocenters. The van der Waals surface area contributed by atoms with Crippen LogP contribution in [-0.4, -0.2) is 11.0 Å². The highest BCUT2D eigenvalue weighted by atomic mass is 16.7. The average molecular weight is 281 g/mol. The van der Waals surface area contributed by atoms with Gasteiger partial charge in [0, 0.05) is 6.92 Å². The summed E-state index contributed by atoms with van der Waals surface area (Å²) < 4.78 is 0. The molecule has 1 unspecified atom stereocenters. The average Bonchev–Trinajstić information content (AvgIpc) is 2.53. The molecule has 0 aliphatic rings. The van der Waals surface area contributed by atoms with Crippen LogP contribution in [0.2, 0.25) is 0 Å². The van der Waals surface area contributed by atoms with E-state index in [1.807, 2.05) is 60.7 Å². The van der Waals surface area contributed by atoms with E-state index in [4.69, 9.17) is 4.84 Å². The van der Waals surface area contributed by atoms with Gasteiger partial charge in [0.05, 0.1) is 6.54 Å². The molecule has 2 aromatic rings. The minimum atomic E-state index is -0.348. The zero-order chi connectivity index (χ0) is 15.1. The summed E-state index contributed by atoms with van der Waals surface area (Å²) in [7, 11) is 0. The topological polar surface area (TPSA) is 29.5 Å². The molecule has 3 nitrogen and oxygen atoms in total. The molecule has 0 radical (unpaired) electrons. The van der Waals surface area contributed by atoms with Crippen LogP contribution in [0.3, 0.4) is 0 Å². The summed E-state index contributed by atoms with van der Waals surface area (Å²) in [5.41, 5.74) is 1.98. The van der Waals surface area contributed by atoms with Crippen LogP contribution in [0, 0.1) is 0 Å². The van der Waals surface area contributed by atoms with Gasteiger partial charge in [-0.15, -0.1) is 6.58 Å². The zero-order valence-corrected chi connectivity index (χ0v) is 12.1. The van der Waals surface area contributed by atoms with E-state index in [1.54, 1.807) is 6.08 Å². The van der Waals surface area contributed by atoms with E-state index >= 15 is 0 Å². The van der Waals surface area contributed by atoms with Crippen molar-refractivity contribution in [1.29, 1.82) is 0 Å². The Morgan fingerprint density at radius 1 is 1.14 bits per heavy atom. The molecule has 108 valence electrons. The molecule has 2 rings (SSSR count). The number of rotatable bonds is 6. The Hall–Kier alpha value is -2.39. The van der Waals surface area contributed by atoms with Crippen LogP contribution in [0.5, 0.6) is 0 Å². The lowest BCUT2D eigenvalue weighted by Crippen LogP contribution is -2.29. The Labute approximate surface area is 125 Å². The van der Waals surface area contributed by atoms with Crippen molar-refractivity contribution in [2.45, 2.75) is 19.6 Å². The maximum Gasteiger partial charge on any atom is 0.243 e. The summed E-state index contributed by atoms with van der Waals surface area (Å²) in [6.45, 7) is 5.70. The van der Waals surface area contributed by atoms with Crippen molar-refractivity contribution in [1.82, 2.24) is 5.06 Å². The lowest BCUT2D eigenvalue weighted by molar-refractivity contribution is -0.202. The number of benzene rings is 2. The summed E-state index contributed by atoms with van der Waals surface area (Å²) in [5.74, 6) is -0.137. The van der Waals surface area contributed by atoms with Gasteiger partial charge in [0.15, 0.2) is 0 Å². The van der Waals surface area contributed by atoms with E-state index in [1.165, 1.54) is 12.0 Å². The van der Waals surface area contributed by atoms with Crippen molar-refractivity contribution in [3.8, 4) is 0 Å². The predicted molar refractivity (Wildman–Crippen MR) is 83.1 cm³/mol. The largest absolute Gasteiger partial charge is 0.273 e. The Morgan fingerprint density at radius 2 is 1.71 bits per heavy atom. The first-order chi connectivity index (χ1) is 10.2. The molecule has 0 aromatic heterocycles. The van der Waals surface area contributed by atoms with E-state index < -0.39 is 0 Å². The minimum absolute atomic E-state index is 0.137. The number of hydrogen-bond donors (Lipinski definition) is 0. The first-order valence-corrected chi connectivity index (χ1v) is 6.87. The number of amides is 1. The van der Waals surface area contributed by atoms with Crippen molar-refractivity contribution in [3.63, 3.8) is 0 Å². The quantitative estimate of drug-likeness (QED) is 0.594. The standard InChI is InChI=1S/C18H19NO2/c1-3-18(17-12-8-5-9-13-17)21-19(15(2)20)14-16-10-6-4-7-11-16/h3-13,18H,1,14H2,2H3. The normalized spacial score (nSPS) is 11.7. The Balaban J connectivity index is 2.12. The van der Waals surface area contributed by atoms with E-state index in [0.717, 1.165) is 11.1 Å². The molecule has 0 heterocycles. The third kappa shape index (κ3) is 4.29. The third-order valence-electron chi connectivity index (χ3n) is 3.10. The van der Waals surface area contributed by atoms with Crippen LogP contribution < -0.4 is 0 Å². The second-order valence-corrected chi connectivity index (χ2v) is 4.71. The summed E-state index contributed by atoms with van der Waals surface area (Å²) in [4.78, 5) is 17.6. The third-order valence-corrected chi connectivity index (χ3v) is 3.10. The van der Waals surface area contributed by atoms with E-state index in [0.29, 0.717) is 6.54 Å². The van der Waals surface area contributed by atoms with Crippen molar-refractivity contribution in [3.05, 3.63) is 84.4 Å². The van der Waals surface area contributed by atoms with Crippen LogP contribution in [0.15, 0.2) is 73.3 Å². The Morgan fingerprint density at radius 3 is 2.24 bits per heavy atom. The van der Waals surface area contributed by atoms with Crippen molar-refractivity contribution in [2.24, 2.45) is 0 Å². The number of hydrogen-bond acceptors (Lipinski definition) is 2. The van der Waals surface area contributed by atoms with E-state index in [9.17, 15) is 4.79 Å². The molecule has 21 heavy (non-hydrogen) atoms. The maximum absolute atomic E-state index is 11.8. The second-order valence-electron chi connectivity index (χ2n) is 4.71. The van der Waals surface area contributed by atoms with Crippen molar-refractivity contribution < 1.29 is 9.63 Å². The Kier molecular flexibility index (Phi) is 5.29. The lowest BCUT2D eigenvalue weighted by atomic mass is 10.1. The summed E-state index contributed by atoms with van der Waals surface area (Å²) >= 11 is 0.